The second kappa shape index (κ2) is 6.03. The summed E-state index contributed by atoms with van der Waals surface area (Å²) in [5.74, 6) is 0. The van der Waals surface area contributed by atoms with Gasteiger partial charge in [-0.15, -0.1) is 0 Å². The van der Waals surface area contributed by atoms with Gasteiger partial charge in [0.2, 0.25) is 0 Å². The fourth-order valence-electron chi connectivity index (χ4n) is 2.01. The maximum absolute atomic E-state index is 6.17. The zero-order valence-electron chi connectivity index (χ0n) is 10.8. The lowest BCUT2D eigenvalue weighted by molar-refractivity contribution is 0.818. The van der Waals surface area contributed by atoms with Crippen molar-refractivity contribution in [3.63, 3.8) is 0 Å². The average molecular weight is 260 g/mol. The summed E-state index contributed by atoms with van der Waals surface area (Å²) in [6.45, 7) is 2.96. The van der Waals surface area contributed by atoms with Gasteiger partial charge in [-0.1, -0.05) is 48.9 Å². The largest absolute Gasteiger partial charge is 0.316 e. The zero-order chi connectivity index (χ0) is 13.0. The lowest BCUT2D eigenvalue weighted by atomic mass is 10.0. The van der Waals surface area contributed by atoms with Crippen LogP contribution < -0.4 is 5.32 Å². The van der Waals surface area contributed by atoms with Crippen LogP contribution in [0, 0.1) is 0 Å². The van der Waals surface area contributed by atoms with Crippen molar-refractivity contribution in [2.24, 2.45) is 0 Å². The molecule has 2 rings (SSSR count). The van der Waals surface area contributed by atoms with E-state index in [-0.39, 0.29) is 0 Å². The Morgan fingerprint density at radius 3 is 2.28 bits per heavy atom. The number of rotatable bonds is 4. The molecule has 18 heavy (non-hydrogen) atoms. The zero-order valence-corrected chi connectivity index (χ0v) is 11.6. The summed E-state index contributed by atoms with van der Waals surface area (Å²) in [6, 6.07) is 14.9. The first-order chi connectivity index (χ1) is 8.74. The van der Waals surface area contributed by atoms with Gasteiger partial charge in [0.05, 0.1) is 0 Å². The molecular weight excluding hydrogens is 242 g/mol. The Hall–Kier alpha value is -1.31. The minimum atomic E-state index is 0.791. The standard InChI is InChI=1S/C16H18ClN/c1-3-12-4-6-13(7-5-12)14-8-9-16(17)15(10-14)11-18-2/h4-10,18H,3,11H2,1-2H3. The van der Waals surface area contributed by atoms with Crippen LogP contribution in [-0.2, 0) is 13.0 Å². The van der Waals surface area contributed by atoms with Crippen molar-refractivity contribution >= 4 is 11.6 Å². The molecule has 0 fully saturated rings. The molecule has 1 N–H and O–H groups in total. The Balaban J connectivity index is 2.34. The average Bonchev–Trinajstić information content (AvgIpc) is 2.42. The van der Waals surface area contributed by atoms with Crippen molar-refractivity contribution in [2.75, 3.05) is 7.05 Å². The van der Waals surface area contributed by atoms with Gasteiger partial charge in [-0.25, -0.2) is 0 Å². The Kier molecular flexibility index (Phi) is 4.40. The Morgan fingerprint density at radius 2 is 1.67 bits per heavy atom. The van der Waals surface area contributed by atoms with Gasteiger partial charge in [-0.2, -0.15) is 0 Å². The van der Waals surface area contributed by atoms with Gasteiger partial charge in [0.1, 0.15) is 0 Å². The highest BCUT2D eigenvalue weighted by atomic mass is 35.5. The van der Waals surface area contributed by atoms with Gasteiger partial charge in [0.25, 0.3) is 0 Å². The van der Waals surface area contributed by atoms with Crippen LogP contribution in [0.4, 0.5) is 0 Å². The molecule has 0 heterocycles. The molecule has 0 saturated heterocycles. The molecule has 1 nitrogen and oxygen atoms in total. The Labute approximate surface area is 114 Å². The third-order valence-corrected chi connectivity index (χ3v) is 3.48. The lowest BCUT2D eigenvalue weighted by Crippen LogP contribution is -2.05. The van der Waals surface area contributed by atoms with Crippen molar-refractivity contribution in [1.82, 2.24) is 5.32 Å². The van der Waals surface area contributed by atoms with Crippen LogP contribution >= 0.6 is 11.6 Å². The van der Waals surface area contributed by atoms with Crippen LogP contribution in [0.1, 0.15) is 18.1 Å². The molecule has 94 valence electrons. The molecule has 2 aromatic rings. The van der Waals surface area contributed by atoms with Crippen molar-refractivity contribution < 1.29 is 0 Å². The van der Waals surface area contributed by atoms with Crippen molar-refractivity contribution in [3.8, 4) is 11.1 Å². The molecule has 2 heteroatoms. The van der Waals surface area contributed by atoms with Gasteiger partial charge in [-0.3, -0.25) is 0 Å². The highest BCUT2D eigenvalue weighted by molar-refractivity contribution is 6.31. The van der Waals surface area contributed by atoms with Crippen LogP contribution in [0.25, 0.3) is 11.1 Å². The van der Waals surface area contributed by atoms with Crippen LogP contribution in [0.15, 0.2) is 42.5 Å². The van der Waals surface area contributed by atoms with E-state index >= 15 is 0 Å². The van der Waals surface area contributed by atoms with E-state index in [4.69, 9.17) is 11.6 Å². The van der Waals surface area contributed by atoms with E-state index in [9.17, 15) is 0 Å². The number of halogens is 1. The normalized spacial score (nSPS) is 10.6. The molecule has 0 bridgehead atoms. The molecule has 0 saturated carbocycles. The molecule has 0 aliphatic carbocycles. The Morgan fingerprint density at radius 1 is 1.00 bits per heavy atom. The number of aryl methyl sites for hydroxylation is 1. The maximum Gasteiger partial charge on any atom is 0.0451 e. The fourth-order valence-corrected chi connectivity index (χ4v) is 2.20. The van der Waals surface area contributed by atoms with Crippen molar-refractivity contribution in [1.29, 1.82) is 0 Å². The summed E-state index contributed by atoms with van der Waals surface area (Å²) < 4.78 is 0. The first-order valence-electron chi connectivity index (χ1n) is 6.27. The quantitative estimate of drug-likeness (QED) is 0.864. The van der Waals surface area contributed by atoms with E-state index < -0.39 is 0 Å². The van der Waals surface area contributed by atoms with Crippen LogP contribution in [-0.4, -0.2) is 7.05 Å². The second-order valence-corrected chi connectivity index (χ2v) is 4.79. The molecule has 0 aliphatic rings. The molecule has 0 aliphatic heterocycles. The fraction of sp³-hybridized carbons (Fsp3) is 0.250. The number of hydrogen-bond acceptors (Lipinski definition) is 1. The van der Waals surface area contributed by atoms with Crippen molar-refractivity contribution in [2.45, 2.75) is 19.9 Å². The topological polar surface area (TPSA) is 12.0 Å². The number of nitrogens with one attached hydrogen (secondary N) is 1. The van der Waals surface area contributed by atoms with Crippen molar-refractivity contribution in [3.05, 3.63) is 58.6 Å². The van der Waals surface area contributed by atoms with E-state index in [0.717, 1.165) is 23.6 Å². The van der Waals surface area contributed by atoms with Crippen LogP contribution in [0.3, 0.4) is 0 Å². The first kappa shape index (κ1) is 13.1. The van der Waals surface area contributed by atoms with E-state index in [1.807, 2.05) is 13.1 Å². The molecule has 0 radical (unpaired) electrons. The van der Waals surface area contributed by atoms with Crippen LogP contribution in [0.2, 0.25) is 5.02 Å². The highest BCUT2D eigenvalue weighted by Gasteiger charge is 2.03. The van der Waals surface area contributed by atoms with E-state index in [1.165, 1.54) is 16.7 Å². The number of benzene rings is 2. The maximum atomic E-state index is 6.17. The summed E-state index contributed by atoms with van der Waals surface area (Å²) >= 11 is 6.17. The minimum absolute atomic E-state index is 0.791. The third kappa shape index (κ3) is 2.92. The highest BCUT2D eigenvalue weighted by Crippen LogP contribution is 2.25. The molecule has 2 aromatic carbocycles. The molecule has 0 aromatic heterocycles. The van der Waals surface area contributed by atoms with Gasteiger partial charge in [-0.05, 0) is 47.9 Å². The van der Waals surface area contributed by atoms with Gasteiger partial charge < -0.3 is 5.32 Å². The van der Waals surface area contributed by atoms with Gasteiger partial charge in [0, 0.05) is 11.6 Å². The Bertz CT molecular complexity index is 517. The summed E-state index contributed by atoms with van der Waals surface area (Å²) in [5.41, 5.74) is 4.95. The van der Waals surface area contributed by atoms with Gasteiger partial charge >= 0.3 is 0 Å². The number of hydrogen-bond donors (Lipinski definition) is 1. The molecule has 0 unspecified atom stereocenters. The minimum Gasteiger partial charge on any atom is -0.316 e. The van der Waals surface area contributed by atoms with E-state index in [2.05, 4.69) is 48.6 Å². The predicted molar refractivity (Wildman–Crippen MR) is 79.0 cm³/mol. The summed E-state index contributed by atoms with van der Waals surface area (Å²) in [5, 5.41) is 3.96. The lowest BCUT2D eigenvalue weighted by Gasteiger charge is -2.08. The molecular formula is C16H18ClN. The predicted octanol–water partition coefficient (Wildman–Crippen LogP) is 4.29. The summed E-state index contributed by atoms with van der Waals surface area (Å²) in [7, 11) is 1.93. The summed E-state index contributed by atoms with van der Waals surface area (Å²) in [6.07, 6.45) is 1.08. The second-order valence-electron chi connectivity index (χ2n) is 4.39. The van der Waals surface area contributed by atoms with Crippen LogP contribution in [0.5, 0.6) is 0 Å². The monoisotopic (exact) mass is 259 g/mol. The third-order valence-electron chi connectivity index (χ3n) is 3.11. The molecule has 0 spiro atoms. The van der Waals surface area contributed by atoms with E-state index in [0.29, 0.717) is 0 Å². The summed E-state index contributed by atoms with van der Waals surface area (Å²) in [4.78, 5) is 0. The van der Waals surface area contributed by atoms with Gasteiger partial charge in [0.15, 0.2) is 0 Å². The molecule has 0 atom stereocenters. The SMILES string of the molecule is CCc1ccc(-c2ccc(Cl)c(CNC)c2)cc1. The smallest absolute Gasteiger partial charge is 0.0451 e. The van der Waals surface area contributed by atoms with E-state index in [1.54, 1.807) is 0 Å². The molecule has 0 amide bonds. The first-order valence-corrected chi connectivity index (χ1v) is 6.64.